The number of aromatic nitrogens is 2. The maximum Gasteiger partial charge on any atom is 0.165 e. The van der Waals surface area contributed by atoms with Gasteiger partial charge in [-0.1, -0.05) is 0 Å². The Balaban J connectivity index is 2.45. The third kappa shape index (κ3) is 2.00. The van der Waals surface area contributed by atoms with E-state index in [-0.39, 0.29) is 5.75 Å². The zero-order valence-corrected chi connectivity index (χ0v) is 9.07. The van der Waals surface area contributed by atoms with Gasteiger partial charge < -0.3 is 4.74 Å². The first-order chi connectivity index (χ1) is 7.70. The summed E-state index contributed by atoms with van der Waals surface area (Å²) in [6.07, 6.45) is 1.47. The van der Waals surface area contributed by atoms with Gasteiger partial charge in [0.25, 0.3) is 0 Å². The summed E-state index contributed by atoms with van der Waals surface area (Å²) < 4.78 is 18.3. The van der Waals surface area contributed by atoms with Crippen LogP contribution in [0.15, 0.2) is 30.6 Å². The number of hydrogen-bond donors (Lipinski definition) is 0. The average Bonchev–Trinajstić information content (AvgIpc) is 2.29. The molecule has 82 valence electrons. The summed E-state index contributed by atoms with van der Waals surface area (Å²) in [5.41, 5.74) is 2.26. The lowest BCUT2D eigenvalue weighted by Crippen LogP contribution is -1.91. The molecule has 2 aromatic rings. The van der Waals surface area contributed by atoms with Crippen molar-refractivity contribution in [3.63, 3.8) is 0 Å². The van der Waals surface area contributed by atoms with E-state index in [4.69, 9.17) is 4.74 Å². The summed E-state index contributed by atoms with van der Waals surface area (Å²) in [6.45, 7) is 1.87. The number of methoxy groups -OCH3 is 1. The number of aryl methyl sites for hydroxylation is 1. The molecular weight excluding hydrogens is 207 g/mol. The number of ether oxygens (including phenoxy) is 1. The van der Waals surface area contributed by atoms with Crippen molar-refractivity contribution < 1.29 is 9.13 Å². The molecule has 0 atom stereocenters. The van der Waals surface area contributed by atoms with E-state index in [1.54, 1.807) is 18.2 Å². The molecule has 0 unspecified atom stereocenters. The van der Waals surface area contributed by atoms with E-state index in [2.05, 4.69) is 9.97 Å². The van der Waals surface area contributed by atoms with E-state index in [1.165, 1.54) is 19.5 Å². The summed E-state index contributed by atoms with van der Waals surface area (Å²) in [4.78, 5) is 8.08. The van der Waals surface area contributed by atoms with E-state index < -0.39 is 5.82 Å². The third-order valence-corrected chi connectivity index (χ3v) is 2.25. The van der Waals surface area contributed by atoms with Crippen LogP contribution in [0.25, 0.3) is 11.3 Å². The molecule has 4 heteroatoms. The van der Waals surface area contributed by atoms with E-state index >= 15 is 0 Å². The van der Waals surface area contributed by atoms with Crippen LogP contribution in [-0.2, 0) is 0 Å². The largest absolute Gasteiger partial charge is 0.494 e. The lowest BCUT2D eigenvalue weighted by molar-refractivity contribution is 0.386. The molecule has 0 amide bonds. The van der Waals surface area contributed by atoms with Gasteiger partial charge >= 0.3 is 0 Å². The summed E-state index contributed by atoms with van der Waals surface area (Å²) in [5, 5.41) is 0. The van der Waals surface area contributed by atoms with Crippen LogP contribution in [0.5, 0.6) is 5.75 Å². The fourth-order valence-corrected chi connectivity index (χ4v) is 1.44. The number of halogens is 1. The Bertz CT molecular complexity index is 514. The van der Waals surface area contributed by atoms with Gasteiger partial charge in [-0.25, -0.2) is 14.4 Å². The maximum absolute atomic E-state index is 13.5. The molecule has 0 aliphatic heterocycles. The highest BCUT2D eigenvalue weighted by atomic mass is 19.1. The summed E-state index contributed by atoms with van der Waals surface area (Å²) in [5.74, 6) is -0.161. The van der Waals surface area contributed by atoms with Gasteiger partial charge in [-0.15, -0.1) is 0 Å². The Kier molecular flexibility index (Phi) is 2.81. The number of nitrogens with zero attached hydrogens (tertiary/aromatic N) is 2. The van der Waals surface area contributed by atoms with Crippen LogP contribution in [-0.4, -0.2) is 17.1 Å². The van der Waals surface area contributed by atoms with Crippen LogP contribution < -0.4 is 4.74 Å². The first kappa shape index (κ1) is 10.5. The topological polar surface area (TPSA) is 35.0 Å². The van der Waals surface area contributed by atoms with Crippen molar-refractivity contribution in [3.05, 3.63) is 42.1 Å². The van der Waals surface area contributed by atoms with Gasteiger partial charge in [0, 0.05) is 11.3 Å². The third-order valence-electron chi connectivity index (χ3n) is 2.25. The van der Waals surface area contributed by atoms with E-state index in [1.807, 2.05) is 6.92 Å². The average molecular weight is 218 g/mol. The fourth-order valence-electron chi connectivity index (χ4n) is 1.44. The Morgan fingerprint density at radius 2 is 2.00 bits per heavy atom. The van der Waals surface area contributed by atoms with Crippen molar-refractivity contribution >= 4 is 0 Å². The molecule has 0 aliphatic carbocycles. The van der Waals surface area contributed by atoms with Crippen molar-refractivity contribution in [1.82, 2.24) is 9.97 Å². The van der Waals surface area contributed by atoms with Crippen LogP contribution in [0.1, 0.15) is 5.69 Å². The van der Waals surface area contributed by atoms with E-state index in [0.717, 1.165) is 5.69 Å². The predicted molar refractivity (Wildman–Crippen MR) is 58.7 cm³/mol. The molecule has 0 saturated carbocycles. The lowest BCUT2D eigenvalue weighted by Gasteiger charge is -2.04. The number of rotatable bonds is 2. The van der Waals surface area contributed by atoms with Crippen molar-refractivity contribution in [3.8, 4) is 17.0 Å². The minimum atomic E-state index is -0.392. The number of hydrogen-bond acceptors (Lipinski definition) is 3. The molecule has 1 aromatic carbocycles. The molecule has 1 heterocycles. The zero-order valence-electron chi connectivity index (χ0n) is 9.07. The van der Waals surface area contributed by atoms with Crippen LogP contribution in [0.3, 0.4) is 0 Å². The van der Waals surface area contributed by atoms with Crippen LogP contribution in [0.2, 0.25) is 0 Å². The monoisotopic (exact) mass is 218 g/mol. The lowest BCUT2D eigenvalue weighted by atomic mass is 10.1. The second-order valence-corrected chi connectivity index (χ2v) is 3.39. The van der Waals surface area contributed by atoms with Crippen molar-refractivity contribution in [2.45, 2.75) is 6.92 Å². The summed E-state index contributed by atoms with van der Waals surface area (Å²) in [7, 11) is 1.44. The Morgan fingerprint density at radius 1 is 1.19 bits per heavy atom. The quantitative estimate of drug-likeness (QED) is 0.777. The maximum atomic E-state index is 13.5. The molecular formula is C12H11FN2O. The summed E-state index contributed by atoms with van der Waals surface area (Å²) >= 11 is 0. The second-order valence-electron chi connectivity index (χ2n) is 3.39. The van der Waals surface area contributed by atoms with Crippen molar-refractivity contribution in [2.75, 3.05) is 7.11 Å². The Morgan fingerprint density at radius 3 is 2.62 bits per heavy atom. The predicted octanol–water partition coefficient (Wildman–Crippen LogP) is 2.60. The second kappa shape index (κ2) is 4.26. The highest BCUT2D eigenvalue weighted by Crippen LogP contribution is 2.23. The highest BCUT2D eigenvalue weighted by Gasteiger charge is 2.06. The van der Waals surface area contributed by atoms with Gasteiger partial charge in [-0.3, -0.25) is 0 Å². The van der Waals surface area contributed by atoms with Gasteiger partial charge in [-0.2, -0.15) is 0 Å². The SMILES string of the molecule is COc1ccc(-c2cc(C)ncn2)cc1F. The van der Waals surface area contributed by atoms with Gasteiger partial charge in [0.2, 0.25) is 0 Å². The molecule has 0 fully saturated rings. The molecule has 0 bridgehead atoms. The van der Waals surface area contributed by atoms with Gasteiger partial charge in [0.1, 0.15) is 6.33 Å². The molecule has 16 heavy (non-hydrogen) atoms. The Hall–Kier alpha value is -1.97. The van der Waals surface area contributed by atoms with Crippen LogP contribution in [0.4, 0.5) is 4.39 Å². The molecule has 3 nitrogen and oxygen atoms in total. The zero-order chi connectivity index (χ0) is 11.5. The highest BCUT2D eigenvalue weighted by molar-refractivity contribution is 5.60. The first-order valence-corrected chi connectivity index (χ1v) is 4.83. The van der Waals surface area contributed by atoms with Crippen molar-refractivity contribution in [1.29, 1.82) is 0 Å². The minimum absolute atomic E-state index is 0.231. The van der Waals surface area contributed by atoms with Gasteiger partial charge in [-0.05, 0) is 31.2 Å². The molecule has 0 aliphatic rings. The fraction of sp³-hybridized carbons (Fsp3) is 0.167. The van der Waals surface area contributed by atoms with Crippen LogP contribution >= 0.6 is 0 Å². The standard InChI is InChI=1S/C12H11FN2O/c1-8-5-11(15-7-14-8)9-3-4-12(16-2)10(13)6-9/h3-7H,1-2H3. The smallest absolute Gasteiger partial charge is 0.165 e. The van der Waals surface area contributed by atoms with Gasteiger partial charge in [0.05, 0.1) is 12.8 Å². The van der Waals surface area contributed by atoms with Gasteiger partial charge in [0.15, 0.2) is 11.6 Å². The van der Waals surface area contributed by atoms with Crippen molar-refractivity contribution in [2.24, 2.45) is 0 Å². The van der Waals surface area contributed by atoms with E-state index in [0.29, 0.717) is 11.3 Å². The molecule has 0 N–H and O–H groups in total. The molecule has 0 saturated heterocycles. The number of benzene rings is 1. The molecule has 1 aromatic heterocycles. The summed E-state index contributed by atoms with van der Waals surface area (Å²) in [6, 6.07) is 6.56. The first-order valence-electron chi connectivity index (χ1n) is 4.83. The molecule has 2 rings (SSSR count). The Labute approximate surface area is 92.9 Å². The van der Waals surface area contributed by atoms with Crippen LogP contribution in [0, 0.1) is 12.7 Å². The molecule has 0 spiro atoms. The molecule has 0 radical (unpaired) electrons. The van der Waals surface area contributed by atoms with E-state index in [9.17, 15) is 4.39 Å². The minimum Gasteiger partial charge on any atom is -0.494 e. The normalized spacial score (nSPS) is 10.2.